The van der Waals surface area contributed by atoms with Crippen molar-refractivity contribution >= 4 is 53.6 Å². The van der Waals surface area contributed by atoms with Crippen LogP contribution in [0.3, 0.4) is 0 Å². The molecule has 0 unspecified atom stereocenters. The van der Waals surface area contributed by atoms with Gasteiger partial charge in [0, 0.05) is 29.9 Å². The van der Waals surface area contributed by atoms with Crippen molar-refractivity contribution < 1.29 is 0 Å². The van der Waals surface area contributed by atoms with Crippen LogP contribution < -0.4 is 0 Å². The van der Waals surface area contributed by atoms with E-state index in [0.717, 1.165) is 0 Å². The van der Waals surface area contributed by atoms with E-state index in [4.69, 9.17) is 0 Å². The molecule has 4 rings (SSSR count). The maximum absolute atomic E-state index is 2.36. The van der Waals surface area contributed by atoms with E-state index in [1.807, 2.05) is 22.7 Å². The van der Waals surface area contributed by atoms with Crippen LogP contribution in [-0.2, 0) is 0 Å². The van der Waals surface area contributed by atoms with Gasteiger partial charge in [0.05, 0.1) is 0 Å². The first kappa shape index (κ1) is 11.4. The molecule has 2 heteroatoms. The molecule has 0 saturated carbocycles. The number of aryl methyl sites for hydroxylation is 3. The molecule has 2 heterocycles. The molecular formula is C17H14S2. The first-order chi connectivity index (χ1) is 9.13. The molecule has 2 aromatic heterocycles. The highest BCUT2D eigenvalue weighted by atomic mass is 32.1. The first-order valence-corrected chi connectivity index (χ1v) is 8.09. The predicted molar refractivity (Wildman–Crippen MR) is 88.9 cm³/mol. The average molecular weight is 282 g/mol. The second-order valence-corrected chi connectivity index (χ2v) is 7.74. The van der Waals surface area contributed by atoms with Crippen LogP contribution in [0.2, 0.25) is 0 Å². The lowest BCUT2D eigenvalue weighted by atomic mass is 10.0. The molecule has 0 amide bonds. The molecule has 0 fully saturated rings. The fraction of sp³-hybridized carbons (Fsp3) is 0.176. The van der Waals surface area contributed by atoms with Crippen LogP contribution in [0, 0.1) is 20.8 Å². The zero-order valence-corrected chi connectivity index (χ0v) is 12.8. The highest BCUT2D eigenvalue weighted by molar-refractivity contribution is 7.21. The molecule has 0 aliphatic carbocycles. The van der Waals surface area contributed by atoms with Crippen LogP contribution in [0.4, 0.5) is 0 Å². The maximum atomic E-state index is 2.36. The number of fused-ring (bicyclic) bond motifs is 5. The Morgan fingerprint density at radius 1 is 0.684 bits per heavy atom. The summed E-state index contributed by atoms with van der Waals surface area (Å²) in [5.41, 5.74) is 1.39. The molecule has 0 radical (unpaired) electrons. The van der Waals surface area contributed by atoms with Gasteiger partial charge < -0.3 is 0 Å². The van der Waals surface area contributed by atoms with Gasteiger partial charge >= 0.3 is 0 Å². The van der Waals surface area contributed by atoms with Crippen molar-refractivity contribution in [3.8, 4) is 0 Å². The molecule has 0 atom stereocenters. The van der Waals surface area contributed by atoms with Gasteiger partial charge in [0.2, 0.25) is 0 Å². The second-order valence-electron chi connectivity index (χ2n) is 5.23. The molecule has 19 heavy (non-hydrogen) atoms. The van der Waals surface area contributed by atoms with E-state index < -0.39 is 0 Å². The normalized spacial score (nSPS) is 11.9. The fourth-order valence-corrected chi connectivity index (χ4v) is 5.04. The van der Waals surface area contributed by atoms with Gasteiger partial charge in [-0.15, -0.1) is 22.7 Å². The lowest BCUT2D eigenvalue weighted by molar-refractivity contribution is 1.56. The molecular weight excluding hydrogens is 268 g/mol. The summed E-state index contributed by atoms with van der Waals surface area (Å²) < 4.78 is 2.88. The third-order valence-electron chi connectivity index (χ3n) is 3.73. The van der Waals surface area contributed by atoms with E-state index >= 15 is 0 Å². The SMILES string of the molecule is Cc1cc2ccc3c(cc(C)c4cc(C)sc43)c2s1. The summed E-state index contributed by atoms with van der Waals surface area (Å²) in [6.45, 7) is 6.62. The standard InChI is InChI=1S/C17H14S2/c1-9-6-15-13(17-14(9)8-11(3)19-17)5-4-12-7-10(2)18-16(12)15/h4-8H,1-3H3. The van der Waals surface area contributed by atoms with Gasteiger partial charge in [-0.2, -0.15) is 0 Å². The molecule has 0 spiro atoms. The summed E-state index contributed by atoms with van der Waals surface area (Å²) in [7, 11) is 0. The van der Waals surface area contributed by atoms with Crippen molar-refractivity contribution in [1.29, 1.82) is 0 Å². The molecule has 0 bridgehead atoms. The average Bonchev–Trinajstić information content (AvgIpc) is 2.91. The Balaban J connectivity index is 2.32. The Labute approximate surface area is 120 Å². The van der Waals surface area contributed by atoms with E-state index in [0.29, 0.717) is 0 Å². The Morgan fingerprint density at radius 3 is 2.26 bits per heavy atom. The van der Waals surface area contributed by atoms with Crippen molar-refractivity contribution in [3.63, 3.8) is 0 Å². The zero-order valence-electron chi connectivity index (χ0n) is 11.2. The van der Waals surface area contributed by atoms with E-state index in [2.05, 4.69) is 51.1 Å². The summed E-state index contributed by atoms with van der Waals surface area (Å²) in [6, 6.07) is 11.5. The smallest absolute Gasteiger partial charge is 0.0427 e. The Hall–Kier alpha value is -1.38. The molecule has 0 aliphatic heterocycles. The Kier molecular flexibility index (Phi) is 2.30. The molecule has 2 aromatic carbocycles. The maximum Gasteiger partial charge on any atom is 0.0427 e. The number of benzene rings is 2. The number of hydrogen-bond donors (Lipinski definition) is 0. The van der Waals surface area contributed by atoms with Crippen molar-refractivity contribution in [2.45, 2.75) is 20.8 Å². The minimum Gasteiger partial charge on any atom is -0.140 e. The van der Waals surface area contributed by atoms with Gasteiger partial charge in [-0.05, 0) is 55.3 Å². The summed E-state index contributed by atoms with van der Waals surface area (Å²) in [5, 5.41) is 5.63. The lowest BCUT2D eigenvalue weighted by Gasteiger charge is -2.04. The zero-order chi connectivity index (χ0) is 13.1. The van der Waals surface area contributed by atoms with Crippen molar-refractivity contribution in [3.05, 3.63) is 45.6 Å². The monoisotopic (exact) mass is 282 g/mol. The fourth-order valence-electron chi connectivity index (χ4n) is 2.90. The summed E-state index contributed by atoms with van der Waals surface area (Å²) in [6.07, 6.45) is 0. The minimum absolute atomic E-state index is 1.38. The van der Waals surface area contributed by atoms with Crippen LogP contribution in [-0.4, -0.2) is 0 Å². The van der Waals surface area contributed by atoms with Gasteiger partial charge in [0.15, 0.2) is 0 Å². The van der Waals surface area contributed by atoms with E-state index in [-0.39, 0.29) is 0 Å². The van der Waals surface area contributed by atoms with E-state index in [1.54, 1.807) is 0 Å². The third-order valence-corrected chi connectivity index (χ3v) is 5.92. The Bertz CT molecular complexity index is 938. The molecule has 0 N–H and O–H groups in total. The van der Waals surface area contributed by atoms with Gasteiger partial charge in [-0.25, -0.2) is 0 Å². The van der Waals surface area contributed by atoms with Crippen LogP contribution >= 0.6 is 22.7 Å². The van der Waals surface area contributed by atoms with Crippen molar-refractivity contribution in [2.24, 2.45) is 0 Å². The highest BCUT2D eigenvalue weighted by Gasteiger charge is 2.10. The molecule has 0 saturated heterocycles. The number of thiophene rings is 2. The van der Waals surface area contributed by atoms with Crippen LogP contribution in [0.1, 0.15) is 15.3 Å². The third kappa shape index (κ3) is 1.57. The van der Waals surface area contributed by atoms with E-state index in [1.165, 1.54) is 46.3 Å². The quantitative estimate of drug-likeness (QED) is 0.360. The molecule has 0 nitrogen and oxygen atoms in total. The van der Waals surface area contributed by atoms with Gasteiger partial charge in [-0.3, -0.25) is 0 Å². The topological polar surface area (TPSA) is 0 Å². The van der Waals surface area contributed by atoms with Crippen molar-refractivity contribution in [2.75, 3.05) is 0 Å². The van der Waals surface area contributed by atoms with E-state index in [9.17, 15) is 0 Å². The summed E-state index contributed by atoms with van der Waals surface area (Å²) >= 11 is 3.83. The predicted octanol–water partition coefficient (Wildman–Crippen LogP) is 6.19. The Morgan fingerprint density at radius 2 is 1.42 bits per heavy atom. The molecule has 0 aliphatic rings. The molecule has 4 aromatic rings. The van der Waals surface area contributed by atoms with Gasteiger partial charge in [-0.1, -0.05) is 12.1 Å². The lowest BCUT2D eigenvalue weighted by Crippen LogP contribution is -1.78. The second kappa shape index (κ2) is 3.81. The van der Waals surface area contributed by atoms with Gasteiger partial charge in [0.25, 0.3) is 0 Å². The first-order valence-electron chi connectivity index (χ1n) is 6.46. The van der Waals surface area contributed by atoms with Crippen LogP contribution in [0.15, 0.2) is 30.3 Å². The van der Waals surface area contributed by atoms with Gasteiger partial charge in [0.1, 0.15) is 0 Å². The van der Waals surface area contributed by atoms with Crippen LogP contribution in [0.5, 0.6) is 0 Å². The number of rotatable bonds is 0. The van der Waals surface area contributed by atoms with Crippen LogP contribution in [0.25, 0.3) is 30.9 Å². The summed E-state index contributed by atoms with van der Waals surface area (Å²) in [5.74, 6) is 0. The van der Waals surface area contributed by atoms with Crippen molar-refractivity contribution in [1.82, 2.24) is 0 Å². The number of hydrogen-bond acceptors (Lipinski definition) is 2. The minimum atomic E-state index is 1.38. The summed E-state index contributed by atoms with van der Waals surface area (Å²) in [4.78, 5) is 2.79. The largest absolute Gasteiger partial charge is 0.140 e. The molecule has 94 valence electrons. The highest BCUT2D eigenvalue weighted by Crippen LogP contribution is 2.39.